The summed E-state index contributed by atoms with van der Waals surface area (Å²) < 4.78 is 12.1. The first kappa shape index (κ1) is 33.8. The smallest absolute Gasteiger partial charge is 0.331 e. The van der Waals surface area contributed by atoms with Crippen LogP contribution in [0.15, 0.2) is 71.9 Å². The van der Waals surface area contributed by atoms with Crippen molar-refractivity contribution >= 4 is 17.7 Å². The zero-order valence-electron chi connectivity index (χ0n) is 26.8. The molecule has 0 heterocycles. The number of Topliss-reactive ketones (excluding diaryl/α,β-unsaturated/α-hetero) is 1. The molecule has 8 heteroatoms. The van der Waals surface area contributed by atoms with Gasteiger partial charge in [0.2, 0.25) is 0 Å². The van der Waals surface area contributed by atoms with Crippen LogP contribution < -0.4 is 0 Å². The molecule has 0 aromatic carbocycles. The fraction of sp³-hybridized carbons (Fsp3) is 0.583. The van der Waals surface area contributed by atoms with Crippen molar-refractivity contribution in [2.45, 2.75) is 96.6 Å². The average molecular weight is 609 g/mol. The highest BCUT2D eigenvalue weighted by molar-refractivity contribution is 6.04. The van der Waals surface area contributed by atoms with Gasteiger partial charge in [0.05, 0.1) is 12.2 Å². The molecule has 0 bridgehead atoms. The minimum Gasteiger partial charge on any atom is -0.455 e. The highest BCUT2D eigenvalue weighted by Crippen LogP contribution is 2.77. The molecule has 4 aliphatic carbocycles. The molecule has 0 spiro atoms. The largest absolute Gasteiger partial charge is 0.455 e. The number of allylic oxidation sites excluding steroid dienone is 7. The zero-order valence-corrected chi connectivity index (χ0v) is 26.8. The van der Waals surface area contributed by atoms with E-state index in [0.717, 1.165) is 6.42 Å². The van der Waals surface area contributed by atoms with Gasteiger partial charge in [0.15, 0.2) is 11.4 Å². The van der Waals surface area contributed by atoms with Gasteiger partial charge in [0.1, 0.15) is 11.7 Å². The number of unbranched alkanes of at least 4 members (excludes halogenated alkanes) is 3. The molecule has 8 nitrogen and oxygen atoms in total. The monoisotopic (exact) mass is 608 g/mol. The van der Waals surface area contributed by atoms with E-state index < -0.39 is 76.3 Å². The van der Waals surface area contributed by atoms with Crippen LogP contribution in [0.2, 0.25) is 0 Å². The number of carbonyl (C=O) groups is 3. The van der Waals surface area contributed by atoms with Gasteiger partial charge in [0.25, 0.3) is 0 Å². The molecule has 0 saturated heterocycles. The molecular weight excluding hydrogens is 560 g/mol. The van der Waals surface area contributed by atoms with Crippen LogP contribution in [0.25, 0.3) is 0 Å². The maximum absolute atomic E-state index is 13.3. The van der Waals surface area contributed by atoms with Crippen molar-refractivity contribution in [3.8, 4) is 0 Å². The molecule has 0 radical (unpaired) electrons. The molecular formula is C36H48O8. The molecule has 4 aliphatic rings. The Morgan fingerprint density at radius 3 is 2.34 bits per heavy atom. The van der Waals surface area contributed by atoms with Gasteiger partial charge < -0.3 is 24.8 Å². The Bertz CT molecular complexity index is 1330. The van der Waals surface area contributed by atoms with E-state index in [9.17, 15) is 29.7 Å². The highest BCUT2D eigenvalue weighted by atomic mass is 16.6. The Labute approximate surface area is 260 Å². The van der Waals surface area contributed by atoms with Gasteiger partial charge in [-0.05, 0) is 30.9 Å². The lowest BCUT2D eigenvalue weighted by atomic mass is 9.59. The number of aliphatic hydroxyl groups is 3. The number of carbonyl (C=O) groups excluding carboxylic acids is 3. The van der Waals surface area contributed by atoms with Crippen molar-refractivity contribution in [2.75, 3.05) is 6.61 Å². The van der Waals surface area contributed by atoms with Gasteiger partial charge in [-0.3, -0.25) is 9.59 Å². The van der Waals surface area contributed by atoms with Gasteiger partial charge in [-0.1, -0.05) is 95.2 Å². The summed E-state index contributed by atoms with van der Waals surface area (Å²) in [6.45, 7) is 10.2. The first-order valence-corrected chi connectivity index (χ1v) is 15.8. The molecule has 240 valence electrons. The fourth-order valence-corrected chi connectivity index (χ4v) is 8.30. The maximum Gasteiger partial charge on any atom is 0.331 e. The van der Waals surface area contributed by atoms with Crippen molar-refractivity contribution in [2.24, 2.45) is 29.1 Å². The maximum atomic E-state index is 13.3. The van der Waals surface area contributed by atoms with Crippen molar-refractivity contribution in [3.63, 3.8) is 0 Å². The number of rotatable bonds is 11. The molecule has 0 amide bonds. The van der Waals surface area contributed by atoms with Crippen LogP contribution in [0.5, 0.6) is 0 Å². The number of esters is 2. The summed E-state index contributed by atoms with van der Waals surface area (Å²) in [6, 6.07) is 0. The van der Waals surface area contributed by atoms with E-state index in [4.69, 9.17) is 9.47 Å². The van der Waals surface area contributed by atoms with Crippen molar-refractivity contribution < 1.29 is 39.2 Å². The Balaban J connectivity index is 1.63. The lowest BCUT2D eigenvalue weighted by molar-refractivity contribution is -0.226. The molecule has 8 unspecified atom stereocenters. The van der Waals surface area contributed by atoms with Crippen LogP contribution in [-0.4, -0.2) is 62.6 Å². The van der Waals surface area contributed by atoms with Crippen LogP contribution in [0.1, 0.15) is 73.6 Å². The second-order valence-corrected chi connectivity index (χ2v) is 13.4. The van der Waals surface area contributed by atoms with Gasteiger partial charge in [-0.2, -0.15) is 0 Å². The Morgan fingerprint density at radius 2 is 1.70 bits per heavy atom. The van der Waals surface area contributed by atoms with E-state index in [1.165, 1.54) is 32.3 Å². The third-order valence-corrected chi connectivity index (χ3v) is 10.4. The lowest BCUT2D eigenvalue weighted by Gasteiger charge is -2.53. The van der Waals surface area contributed by atoms with Crippen LogP contribution in [0, 0.1) is 29.1 Å². The summed E-state index contributed by atoms with van der Waals surface area (Å²) in [6.07, 6.45) is 21.0. The van der Waals surface area contributed by atoms with E-state index in [1.807, 2.05) is 32.1 Å². The summed E-state index contributed by atoms with van der Waals surface area (Å²) in [5.41, 5.74) is -4.98. The van der Waals surface area contributed by atoms with E-state index in [0.29, 0.717) is 11.1 Å². The van der Waals surface area contributed by atoms with Gasteiger partial charge >= 0.3 is 11.9 Å². The number of hydrogen-bond acceptors (Lipinski definition) is 8. The predicted molar refractivity (Wildman–Crippen MR) is 167 cm³/mol. The number of aliphatic hydroxyl groups excluding tert-OH is 1. The van der Waals surface area contributed by atoms with E-state index in [-0.39, 0.29) is 6.42 Å². The molecule has 0 aliphatic heterocycles. The first-order valence-electron chi connectivity index (χ1n) is 15.8. The summed E-state index contributed by atoms with van der Waals surface area (Å²) >= 11 is 0. The molecule has 0 aromatic rings. The molecule has 3 N–H and O–H groups in total. The number of ether oxygens (including phenoxy) is 2. The SMILES string of the molecule is CCCCC/C=C/C=C/C=C/C=C/C(=O)OC1C(C)C2(O)C(C=C(CO)CC3(O)C(=O)C(C)=CC32)C2C(C)(C)C12OC(C)=O. The molecule has 2 saturated carbocycles. The van der Waals surface area contributed by atoms with Gasteiger partial charge in [-0.25, -0.2) is 4.79 Å². The van der Waals surface area contributed by atoms with Gasteiger partial charge in [0, 0.05) is 48.5 Å². The molecule has 0 aromatic heterocycles. The Kier molecular flexibility index (Phi) is 9.79. The predicted octanol–water partition coefficient (Wildman–Crippen LogP) is 4.86. The summed E-state index contributed by atoms with van der Waals surface area (Å²) in [5.74, 6) is -4.84. The van der Waals surface area contributed by atoms with Crippen LogP contribution in [0.3, 0.4) is 0 Å². The van der Waals surface area contributed by atoms with E-state index in [2.05, 4.69) is 13.0 Å². The minimum absolute atomic E-state index is 0.136. The number of ketones is 1. The third-order valence-electron chi connectivity index (χ3n) is 10.4. The zero-order chi connectivity index (χ0) is 32.5. The number of fused-ring (bicyclic) bond motifs is 5. The Hall–Kier alpha value is -3.07. The highest BCUT2D eigenvalue weighted by Gasteiger charge is 2.87. The van der Waals surface area contributed by atoms with Crippen molar-refractivity contribution in [1.82, 2.24) is 0 Å². The summed E-state index contributed by atoms with van der Waals surface area (Å²) in [5, 5.41) is 34.7. The molecule has 2 fully saturated rings. The quantitative estimate of drug-likeness (QED) is 0.0997. The topological polar surface area (TPSA) is 130 Å². The number of hydrogen-bond donors (Lipinski definition) is 3. The Morgan fingerprint density at radius 1 is 1.05 bits per heavy atom. The summed E-state index contributed by atoms with van der Waals surface area (Å²) in [4.78, 5) is 38.9. The van der Waals surface area contributed by atoms with Crippen LogP contribution in [0.4, 0.5) is 0 Å². The van der Waals surface area contributed by atoms with Crippen molar-refractivity contribution in [1.29, 1.82) is 0 Å². The molecule has 8 atom stereocenters. The molecule has 44 heavy (non-hydrogen) atoms. The van der Waals surface area contributed by atoms with Crippen LogP contribution >= 0.6 is 0 Å². The van der Waals surface area contributed by atoms with E-state index in [1.54, 1.807) is 44.2 Å². The fourth-order valence-electron chi connectivity index (χ4n) is 8.30. The molecule has 4 rings (SSSR count). The normalized spacial score (nSPS) is 37.5. The first-order chi connectivity index (χ1) is 20.7. The average Bonchev–Trinajstić information content (AvgIpc) is 3.38. The van der Waals surface area contributed by atoms with Crippen molar-refractivity contribution in [3.05, 3.63) is 71.9 Å². The summed E-state index contributed by atoms with van der Waals surface area (Å²) in [7, 11) is 0. The third kappa shape index (κ3) is 5.50. The lowest BCUT2D eigenvalue weighted by Crippen LogP contribution is -2.66. The standard InChI is InChI=1S/C36H48O8/c1-7-8-9-10-11-12-13-14-15-16-17-18-29(39)43-32-24(3)35(42)27(30-33(5,6)36(30,32)44-25(4)38)20-26(22-37)21-34(41)28(35)19-23(2)31(34)40/h11-20,24,27-28,30,32,37,41-42H,7-10,21-22H2,1-6H3/b12-11+,14-13+,16-15+,18-17+. The second kappa shape index (κ2) is 12.7. The van der Waals surface area contributed by atoms with Gasteiger partial charge in [-0.15, -0.1) is 0 Å². The minimum atomic E-state index is -1.96. The van der Waals surface area contributed by atoms with Crippen LogP contribution in [-0.2, 0) is 23.9 Å². The van der Waals surface area contributed by atoms with E-state index >= 15 is 0 Å². The second-order valence-electron chi connectivity index (χ2n) is 13.4.